The number of rotatable bonds is 4. The number of benzene rings is 2. The predicted octanol–water partition coefficient (Wildman–Crippen LogP) is 3.76. The zero-order valence-corrected chi connectivity index (χ0v) is 15.1. The molecule has 1 fully saturated rings. The van der Waals surface area contributed by atoms with Crippen LogP contribution in [0.2, 0.25) is 0 Å². The van der Waals surface area contributed by atoms with E-state index < -0.39 is 0 Å². The maximum atomic E-state index is 6.33. The Bertz CT molecular complexity index is 746. The molecule has 2 aromatic rings. The normalized spacial score (nSPS) is 23.6. The second-order valence-electron chi connectivity index (χ2n) is 6.85. The van der Waals surface area contributed by atoms with E-state index in [4.69, 9.17) is 14.2 Å². The minimum absolute atomic E-state index is 0.0266. The second kappa shape index (κ2) is 6.70. The van der Waals surface area contributed by atoms with Gasteiger partial charge < -0.3 is 14.2 Å². The van der Waals surface area contributed by atoms with Crippen LogP contribution in [0.15, 0.2) is 42.5 Å². The molecular weight excluding hydrogens is 314 g/mol. The average Bonchev–Trinajstić information content (AvgIpc) is 2.67. The molecule has 4 heteroatoms. The van der Waals surface area contributed by atoms with Crippen molar-refractivity contribution in [1.82, 2.24) is 4.90 Å². The topological polar surface area (TPSA) is 30.9 Å². The summed E-state index contributed by atoms with van der Waals surface area (Å²) in [6, 6.07) is 15.0. The third-order valence-corrected chi connectivity index (χ3v) is 5.49. The minimum atomic E-state index is 0.0266. The van der Waals surface area contributed by atoms with Crippen LogP contribution in [-0.4, -0.2) is 38.3 Å². The van der Waals surface area contributed by atoms with Crippen LogP contribution in [0.3, 0.4) is 0 Å². The van der Waals surface area contributed by atoms with Gasteiger partial charge in [0.15, 0.2) is 0 Å². The minimum Gasteiger partial charge on any atom is -0.496 e. The lowest BCUT2D eigenvalue weighted by atomic mass is 9.88. The van der Waals surface area contributed by atoms with Gasteiger partial charge in [-0.15, -0.1) is 0 Å². The van der Waals surface area contributed by atoms with Crippen molar-refractivity contribution < 1.29 is 14.2 Å². The standard InChI is InChI=1S/C21H25NO3/c1-14(15-7-5-4-6-8-15)22-12-16-11-17-18(23-2)9-10-19(24-3)21(17)20(13-22)25-16/h4-10,14,16,20H,11-13H2,1-3H3/t14-,16+,20+/m0/s1. The van der Waals surface area contributed by atoms with E-state index >= 15 is 0 Å². The largest absolute Gasteiger partial charge is 0.496 e. The smallest absolute Gasteiger partial charge is 0.125 e. The fourth-order valence-electron chi connectivity index (χ4n) is 4.18. The van der Waals surface area contributed by atoms with Crippen molar-refractivity contribution in [3.8, 4) is 11.5 Å². The van der Waals surface area contributed by atoms with Gasteiger partial charge in [0, 0.05) is 36.7 Å². The van der Waals surface area contributed by atoms with E-state index in [1.54, 1.807) is 14.2 Å². The molecule has 132 valence electrons. The molecule has 4 rings (SSSR count). The van der Waals surface area contributed by atoms with Crippen molar-refractivity contribution in [2.75, 3.05) is 27.3 Å². The zero-order valence-electron chi connectivity index (χ0n) is 15.1. The number of fused-ring (bicyclic) bond motifs is 4. The fraction of sp³-hybridized carbons (Fsp3) is 0.429. The van der Waals surface area contributed by atoms with Gasteiger partial charge in [0.1, 0.15) is 11.5 Å². The number of morpholine rings is 1. The van der Waals surface area contributed by atoms with Crippen LogP contribution in [0.25, 0.3) is 0 Å². The molecule has 2 heterocycles. The van der Waals surface area contributed by atoms with E-state index in [-0.39, 0.29) is 12.2 Å². The molecule has 0 N–H and O–H groups in total. The molecule has 0 unspecified atom stereocenters. The maximum absolute atomic E-state index is 6.33. The van der Waals surface area contributed by atoms with Crippen LogP contribution in [-0.2, 0) is 11.2 Å². The Morgan fingerprint density at radius 2 is 1.72 bits per heavy atom. The SMILES string of the molecule is COc1ccc(OC)c2c1C[C@@H]1CN([C@@H](C)c3ccccc3)C[C@H]2O1. The van der Waals surface area contributed by atoms with Crippen LogP contribution < -0.4 is 9.47 Å². The maximum Gasteiger partial charge on any atom is 0.125 e. The first-order valence-corrected chi connectivity index (χ1v) is 8.89. The van der Waals surface area contributed by atoms with Gasteiger partial charge in [0.05, 0.1) is 26.4 Å². The van der Waals surface area contributed by atoms with Gasteiger partial charge in [-0.1, -0.05) is 30.3 Å². The van der Waals surface area contributed by atoms with Gasteiger partial charge in [-0.25, -0.2) is 0 Å². The molecule has 1 saturated heterocycles. The molecule has 2 aliphatic heterocycles. The lowest BCUT2D eigenvalue weighted by Crippen LogP contribution is -2.48. The molecule has 3 atom stereocenters. The van der Waals surface area contributed by atoms with Crippen molar-refractivity contribution in [3.05, 3.63) is 59.2 Å². The third-order valence-electron chi connectivity index (χ3n) is 5.49. The first-order chi connectivity index (χ1) is 12.2. The van der Waals surface area contributed by atoms with Crippen molar-refractivity contribution in [2.24, 2.45) is 0 Å². The summed E-state index contributed by atoms with van der Waals surface area (Å²) in [5, 5.41) is 0. The van der Waals surface area contributed by atoms with Crippen molar-refractivity contribution in [3.63, 3.8) is 0 Å². The summed E-state index contributed by atoms with van der Waals surface area (Å²) < 4.78 is 17.6. The zero-order chi connectivity index (χ0) is 17.4. The monoisotopic (exact) mass is 339 g/mol. The predicted molar refractivity (Wildman–Crippen MR) is 97.3 cm³/mol. The lowest BCUT2D eigenvalue weighted by molar-refractivity contribution is -0.107. The Morgan fingerprint density at radius 1 is 1.00 bits per heavy atom. The van der Waals surface area contributed by atoms with Gasteiger partial charge in [0.25, 0.3) is 0 Å². The molecule has 2 aliphatic rings. The Hall–Kier alpha value is -2.04. The van der Waals surface area contributed by atoms with E-state index in [2.05, 4.69) is 42.2 Å². The molecule has 4 nitrogen and oxygen atoms in total. The molecule has 0 saturated carbocycles. The summed E-state index contributed by atoms with van der Waals surface area (Å²) in [7, 11) is 3.46. The first-order valence-electron chi connectivity index (χ1n) is 8.89. The molecule has 0 spiro atoms. The molecular formula is C21H25NO3. The highest BCUT2D eigenvalue weighted by atomic mass is 16.5. The fourth-order valence-corrected chi connectivity index (χ4v) is 4.18. The number of methoxy groups -OCH3 is 2. The van der Waals surface area contributed by atoms with Gasteiger partial charge >= 0.3 is 0 Å². The van der Waals surface area contributed by atoms with Gasteiger partial charge in [-0.3, -0.25) is 4.90 Å². The van der Waals surface area contributed by atoms with E-state index in [0.717, 1.165) is 36.6 Å². The quantitative estimate of drug-likeness (QED) is 0.849. The Morgan fingerprint density at radius 3 is 2.44 bits per heavy atom. The molecule has 0 aromatic heterocycles. The van der Waals surface area contributed by atoms with Crippen molar-refractivity contribution >= 4 is 0 Å². The Kier molecular flexibility index (Phi) is 4.40. The second-order valence-corrected chi connectivity index (χ2v) is 6.85. The van der Waals surface area contributed by atoms with Crippen LogP contribution in [0.5, 0.6) is 11.5 Å². The van der Waals surface area contributed by atoms with Crippen LogP contribution in [0.1, 0.15) is 35.8 Å². The molecule has 0 amide bonds. The first kappa shape index (κ1) is 16.4. The van der Waals surface area contributed by atoms with E-state index in [1.807, 2.05) is 12.1 Å². The molecule has 25 heavy (non-hydrogen) atoms. The van der Waals surface area contributed by atoms with Gasteiger partial charge in [-0.05, 0) is 24.6 Å². The van der Waals surface area contributed by atoms with Gasteiger partial charge in [0.2, 0.25) is 0 Å². The molecule has 0 radical (unpaired) electrons. The third kappa shape index (κ3) is 2.90. The number of nitrogens with zero attached hydrogens (tertiary/aromatic N) is 1. The molecule has 0 aliphatic carbocycles. The lowest BCUT2D eigenvalue weighted by Gasteiger charge is -2.45. The summed E-state index contributed by atoms with van der Waals surface area (Å²) in [5.41, 5.74) is 3.75. The summed E-state index contributed by atoms with van der Waals surface area (Å²) >= 11 is 0. The van der Waals surface area contributed by atoms with E-state index in [0.29, 0.717) is 6.04 Å². The average molecular weight is 339 g/mol. The highest BCUT2D eigenvalue weighted by molar-refractivity contribution is 5.52. The van der Waals surface area contributed by atoms with Crippen molar-refractivity contribution in [1.29, 1.82) is 0 Å². The van der Waals surface area contributed by atoms with Crippen LogP contribution >= 0.6 is 0 Å². The number of hydrogen-bond acceptors (Lipinski definition) is 4. The summed E-state index contributed by atoms with van der Waals surface area (Å²) in [6.07, 6.45) is 1.08. The van der Waals surface area contributed by atoms with Gasteiger partial charge in [-0.2, -0.15) is 0 Å². The highest BCUT2D eigenvalue weighted by Crippen LogP contribution is 2.44. The van der Waals surface area contributed by atoms with Crippen LogP contribution in [0.4, 0.5) is 0 Å². The summed E-state index contributed by atoms with van der Waals surface area (Å²) in [6.45, 7) is 4.08. The Balaban J connectivity index is 1.66. The number of hydrogen-bond donors (Lipinski definition) is 0. The van der Waals surface area contributed by atoms with Crippen molar-refractivity contribution in [2.45, 2.75) is 31.6 Å². The van der Waals surface area contributed by atoms with E-state index in [9.17, 15) is 0 Å². The van der Waals surface area contributed by atoms with Crippen LogP contribution in [0, 0.1) is 0 Å². The summed E-state index contributed by atoms with van der Waals surface area (Å²) in [5.74, 6) is 1.84. The Labute approximate surface area is 149 Å². The number of ether oxygens (including phenoxy) is 3. The molecule has 2 bridgehead atoms. The molecule has 2 aromatic carbocycles. The summed E-state index contributed by atoms with van der Waals surface area (Å²) in [4.78, 5) is 2.52. The van der Waals surface area contributed by atoms with E-state index in [1.165, 1.54) is 11.1 Å². The highest BCUT2D eigenvalue weighted by Gasteiger charge is 2.39.